The van der Waals surface area contributed by atoms with E-state index in [1.165, 1.54) is 0 Å². The highest BCUT2D eigenvalue weighted by atomic mass is 79.9. The third kappa shape index (κ3) is 1.45. The van der Waals surface area contributed by atoms with Gasteiger partial charge in [-0.3, -0.25) is 0 Å². The number of halogens is 1. The number of nitrogens with one attached hydrogen (secondary N) is 1. The zero-order chi connectivity index (χ0) is 10.1. The first-order valence-corrected chi connectivity index (χ1v) is 5.17. The van der Waals surface area contributed by atoms with Crippen molar-refractivity contribution in [3.8, 4) is 0 Å². The van der Waals surface area contributed by atoms with Crippen LogP contribution < -0.4 is 5.73 Å². The summed E-state index contributed by atoms with van der Waals surface area (Å²) in [5.41, 5.74) is 7.26. The molecule has 2 rings (SSSR count). The van der Waals surface area contributed by atoms with Gasteiger partial charge in [-0.1, -0.05) is 12.1 Å². The van der Waals surface area contributed by atoms with Crippen LogP contribution in [0, 0.1) is 0 Å². The Bertz CT molecular complexity index is 452. The van der Waals surface area contributed by atoms with Crippen molar-refractivity contribution in [1.82, 2.24) is 4.98 Å². The molecule has 1 aromatic carbocycles. The monoisotopic (exact) mass is 254 g/mol. The topological polar surface area (TPSA) is 62.0 Å². The third-order valence-corrected chi connectivity index (χ3v) is 2.94. The van der Waals surface area contributed by atoms with Crippen molar-refractivity contribution in [2.24, 2.45) is 5.73 Å². The predicted octanol–water partition coefficient (Wildman–Crippen LogP) is 1.92. The molecule has 1 heterocycles. The first-order valence-electron chi connectivity index (χ1n) is 4.37. The van der Waals surface area contributed by atoms with Crippen LogP contribution in [-0.4, -0.2) is 16.6 Å². The number of H-pyrrole nitrogens is 1. The first kappa shape index (κ1) is 9.71. The fraction of sp³-hybridized carbons (Fsp3) is 0.200. The van der Waals surface area contributed by atoms with Gasteiger partial charge in [0.15, 0.2) is 0 Å². The molecule has 2 aromatic rings. The largest absolute Gasteiger partial charge is 0.387 e. The van der Waals surface area contributed by atoms with Gasteiger partial charge in [0.05, 0.1) is 11.6 Å². The van der Waals surface area contributed by atoms with Crippen LogP contribution in [0.25, 0.3) is 10.9 Å². The number of aliphatic hydroxyl groups excluding tert-OH is 1. The van der Waals surface area contributed by atoms with Crippen LogP contribution >= 0.6 is 15.9 Å². The Hall–Kier alpha value is -0.840. The molecule has 0 saturated carbocycles. The van der Waals surface area contributed by atoms with Gasteiger partial charge < -0.3 is 15.8 Å². The van der Waals surface area contributed by atoms with Gasteiger partial charge >= 0.3 is 0 Å². The molecule has 14 heavy (non-hydrogen) atoms. The van der Waals surface area contributed by atoms with E-state index < -0.39 is 6.10 Å². The van der Waals surface area contributed by atoms with Crippen molar-refractivity contribution in [3.63, 3.8) is 0 Å². The average molecular weight is 255 g/mol. The number of hydrogen-bond donors (Lipinski definition) is 3. The van der Waals surface area contributed by atoms with Crippen molar-refractivity contribution in [1.29, 1.82) is 0 Å². The van der Waals surface area contributed by atoms with Crippen LogP contribution in [0.5, 0.6) is 0 Å². The zero-order valence-electron chi connectivity index (χ0n) is 7.50. The average Bonchev–Trinajstić information content (AvgIpc) is 2.62. The molecule has 4 heteroatoms. The molecule has 0 aliphatic heterocycles. The lowest BCUT2D eigenvalue weighted by atomic mass is 10.1. The third-order valence-electron chi connectivity index (χ3n) is 2.28. The van der Waals surface area contributed by atoms with Gasteiger partial charge in [0.1, 0.15) is 0 Å². The van der Waals surface area contributed by atoms with Crippen molar-refractivity contribution < 1.29 is 5.11 Å². The minimum atomic E-state index is -0.599. The highest BCUT2D eigenvalue weighted by molar-refractivity contribution is 9.10. The summed E-state index contributed by atoms with van der Waals surface area (Å²) in [7, 11) is 0. The van der Waals surface area contributed by atoms with Crippen molar-refractivity contribution >= 4 is 26.8 Å². The van der Waals surface area contributed by atoms with Gasteiger partial charge in [-0.25, -0.2) is 0 Å². The molecular formula is C10H11BrN2O. The highest BCUT2D eigenvalue weighted by Gasteiger charge is 2.11. The maximum atomic E-state index is 9.65. The molecule has 0 radical (unpaired) electrons. The van der Waals surface area contributed by atoms with Crippen molar-refractivity contribution in [2.75, 3.05) is 6.54 Å². The lowest BCUT2D eigenvalue weighted by Crippen LogP contribution is -2.10. The maximum Gasteiger partial charge on any atom is 0.0932 e. The Kier molecular flexibility index (Phi) is 2.58. The number of aromatic nitrogens is 1. The second-order valence-corrected chi connectivity index (χ2v) is 4.01. The Labute approximate surface area is 90.1 Å². The standard InChI is InChI=1S/C10H11BrN2O/c11-8-3-1-2-6-7(9(14)4-12)5-13-10(6)8/h1-3,5,9,13-14H,4,12H2. The van der Waals surface area contributed by atoms with E-state index in [1.807, 2.05) is 18.2 Å². The van der Waals surface area contributed by atoms with E-state index in [-0.39, 0.29) is 6.54 Å². The molecular weight excluding hydrogens is 244 g/mol. The first-order chi connectivity index (χ1) is 6.74. The van der Waals surface area contributed by atoms with Crippen LogP contribution in [0.15, 0.2) is 28.9 Å². The summed E-state index contributed by atoms with van der Waals surface area (Å²) in [5, 5.41) is 10.7. The van der Waals surface area contributed by atoms with E-state index >= 15 is 0 Å². The van der Waals surface area contributed by atoms with Crippen LogP contribution in [-0.2, 0) is 0 Å². The number of benzene rings is 1. The van der Waals surface area contributed by atoms with E-state index in [0.717, 1.165) is 20.9 Å². The number of nitrogens with two attached hydrogens (primary N) is 1. The molecule has 74 valence electrons. The Morgan fingerprint density at radius 2 is 2.29 bits per heavy atom. The molecule has 0 fully saturated rings. The molecule has 0 amide bonds. The SMILES string of the molecule is NCC(O)c1c[nH]c2c(Br)cccc12. The highest BCUT2D eigenvalue weighted by Crippen LogP contribution is 2.28. The van der Waals surface area contributed by atoms with E-state index in [0.29, 0.717) is 0 Å². The van der Waals surface area contributed by atoms with Crippen molar-refractivity contribution in [3.05, 3.63) is 34.4 Å². The van der Waals surface area contributed by atoms with Crippen LogP contribution in [0.1, 0.15) is 11.7 Å². The van der Waals surface area contributed by atoms with Crippen LogP contribution in [0.2, 0.25) is 0 Å². The molecule has 0 aliphatic carbocycles. The molecule has 3 nitrogen and oxygen atoms in total. The summed E-state index contributed by atoms with van der Waals surface area (Å²) in [5.74, 6) is 0. The lowest BCUT2D eigenvalue weighted by molar-refractivity contribution is 0.188. The minimum absolute atomic E-state index is 0.236. The normalized spacial score (nSPS) is 13.4. The number of fused-ring (bicyclic) bond motifs is 1. The van der Waals surface area contributed by atoms with Gasteiger partial charge in [-0.05, 0) is 22.0 Å². The lowest BCUT2D eigenvalue weighted by Gasteiger charge is -2.05. The quantitative estimate of drug-likeness (QED) is 0.767. The molecule has 0 spiro atoms. The molecule has 0 bridgehead atoms. The zero-order valence-corrected chi connectivity index (χ0v) is 9.08. The fourth-order valence-corrected chi connectivity index (χ4v) is 2.02. The van der Waals surface area contributed by atoms with E-state index in [4.69, 9.17) is 5.73 Å². The van der Waals surface area contributed by atoms with Gasteiger partial charge in [-0.15, -0.1) is 0 Å². The second kappa shape index (κ2) is 3.73. The summed E-state index contributed by atoms with van der Waals surface area (Å²) >= 11 is 3.44. The molecule has 1 unspecified atom stereocenters. The van der Waals surface area contributed by atoms with Gasteiger partial charge in [0.25, 0.3) is 0 Å². The molecule has 0 aliphatic rings. The van der Waals surface area contributed by atoms with E-state index in [1.54, 1.807) is 6.20 Å². The summed E-state index contributed by atoms with van der Waals surface area (Å²) in [6, 6.07) is 5.86. The molecule has 1 atom stereocenters. The van der Waals surface area contributed by atoms with Crippen LogP contribution in [0.3, 0.4) is 0 Å². The smallest absolute Gasteiger partial charge is 0.0932 e. The van der Waals surface area contributed by atoms with Crippen LogP contribution in [0.4, 0.5) is 0 Å². The van der Waals surface area contributed by atoms with Gasteiger partial charge in [0, 0.05) is 28.2 Å². The molecule has 4 N–H and O–H groups in total. The summed E-state index contributed by atoms with van der Waals surface area (Å²) in [4.78, 5) is 3.11. The number of aromatic amines is 1. The maximum absolute atomic E-state index is 9.65. The second-order valence-electron chi connectivity index (χ2n) is 3.16. The van der Waals surface area contributed by atoms with E-state index in [2.05, 4.69) is 20.9 Å². The fourth-order valence-electron chi connectivity index (χ4n) is 1.54. The van der Waals surface area contributed by atoms with Gasteiger partial charge in [-0.2, -0.15) is 0 Å². The predicted molar refractivity (Wildman–Crippen MR) is 60.0 cm³/mol. The number of aliphatic hydroxyl groups is 1. The van der Waals surface area contributed by atoms with Crippen molar-refractivity contribution in [2.45, 2.75) is 6.10 Å². The molecule has 1 aromatic heterocycles. The summed E-state index contributed by atoms with van der Waals surface area (Å²) < 4.78 is 0.991. The number of hydrogen-bond acceptors (Lipinski definition) is 2. The molecule has 0 saturated heterocycles. The summed E-state index contributed by atoms with van der Waals surface area (Å²) in [6.07, 6.45) is 1.20. The number of para-hydroxylation sites is 1. The Morgan fingerprint density at radius 3 is 3.00 bits per heavy atom. The Morgan fingerprint density at radius 1 is 1.50 bits per heavy atom. The minimum Gasteiger partial charge on any atom is -0.387 e. The number of rotatable bonds is 2. The van der Waals surface area contributed by atoms with Gasteiger partial charge in [0.2, 0.25) is 0 Å². The Balaban J connectivity index is 2.63. The van der Waals surface area contributed by atoms with E-state index in [9.17, 15) is 5.11 Å². The summed E-state index contributed by atoms with van der Waals surface area (Å²) in [6.45, 7) is 0.236.